The number of hydrogen-bond donors (Lipinski definition) is 0. The van der Waals surface area contributed by atoms with Crippen molar-refractivity contribution in [2.45, 2.75) is 10.6 Å². The molecule has 0 aliphatic heterocycles. The van der Waals surface area contributed by atoms with Gasteiger partial charge in [-0.05, 0) is 40.8 Å². The van der Waals surface area contributed by atoms with Crippen molar-refractivity contribution in [1.29, 1.82) is 0 Å². The summed E-state index contributed by atoms with van der Waals surface area (Å²) in [6, 6.07) is 5.49. The van der Waals surface area contributed by atoms with E-state index < -0.39 is 0 Å². The molecular formula is C12H10INO3S. The fourth-order valence-corrected chi connectivity index (χ4v) is 3.11. The maximum atomic E-state index is 11.4. The molecule has 0 saturated heterocycles. The number of carbonyl (C=O) groups excluding carboxylic acids is 1. The van der Waals surface area contributed by atoms with Gasteiger partial charge in [-0.2, -0.15) is 0 Å². The molecule has 0 unspecified atom stereocenters. The Hall–Kier alpha value is -1.02. The van der Waals surface area contributed by atoms with Crippen LogP contribution in [0.15, 0.2) is 40.1 Å². The van der Waals surface area contributed by atoms with Gasteiger partial charge in [0.25, 0.3) is 0 Å². The predicted octanol–water partition coefficient (Wildman–Crippen LogP) is 3.36. The lowest BCUT2D eigenvalue weighted by molar-refractivity contribution is 0.0600. The Bertz CT molecular complexity index is 542. The van der Waals surface area contributed by atoms with Gasteiger partial charge in [0.05, 0.1) is 24.6 Å². The maximum Gasteiger partial charge on any atom is 0.337 e. The molecule has 2 rings (SSSR count). The molecule has 0 aliphatic carbocycles. The summed E-state index contributed by atoms with van der Waals surface area (Å²) in [6.07, 6.45) is 3.11. The highest BCUT2D eigenvalue weighted by molar-refractivity contribution is 14.1. The van der Waals surface area contributed by atoms with Crippen molar-refractivity contribution in [2.75, 3.05) is 7.11 Å². The Labute approximate surface area is 122 Å². The fraction of sp³-hybridized carbons (Fsp3) is 0.167. The second kappa shape index (κ2) is 6.24. The number of aromatic nitrogens is 1. The van der Waals surface area contributed by atoms with Gasteiger partial charge in [0.1, 0.15) is 5.76 Å². The number of benzene rings is 1. The van der Waals surface area contributed by atoms with Gasteiger partial charge in [-0.1, -0.05) is 0 Å². The molecule has 1 heterocycles. The molecule has 94 valence electrons. The Morgan fingerprint density at radius 2 is 2.39 bits per heavy atom. The molecule has 0 N–H and O–H groups in total. The minimum Gasteiger partial charge on any atom is -0.465 e. The van der Waals surface area contributed by atoms with Crippen LogP contribution in [0.4, 0.5) is 0 Å². The zero-order chi connectivity index (χ0) is 13.0. The van der Waals surface area contributed by atoms with Crippen LogP contribution in [-0.4, -0.2) is 18.1 Å². The van der Waals surface area contributed by atoms with Gasteiger partial charge >= 0.3 is 5.97 Å². The number of oxazole rings is 1. The lowest BCUT2D eigenvalue weighted by Crippen LogP contribution is -2.01. The van der Waals surface area contributed by atoms with E-state index >= 15 is 0 Å². The summed E-state index contributed by atoms with van der Waals surface area (Å²) >= 11 is 3.84. The molecule has 18 heavy (non-hydrogen) atoms. The van der Waals surface area contributed by atoms with E-state index in [9.17, 15) is 4.79 Å². The Morgan fingerprint density at radius 3 is 3.00 bits per heavy atom. The van der Waals surface area contributed by atoms with Gasteiger partial charge < -0.3 is 9.15 Å². The maximum absolute atomic E-state index is 11.4. The topological polar surface area (TPSA) is 52.3 Å². The first-order chi connectivity index (χ1) is 8.70. The van der Waals surface area contributed by atoms with Gasteiger partial charge in [0.15, 0.2) is 6.39 Å². The highest BCUT2D eigenvalue weighted by Gasteiger charge is 2.09. The van der Waals surface area contributed by atoms with Gasteiger partial charge in [-0.3, -0.25) is 0 Å². The molecule has 0 amide bonds. The van der Waals surface area contributed by atoms with Crippen molar-refractivity contribution in [3.8, 4) is 0 Å². The normalized spacial score (nSPS) is 10.3. The van der Waals surface area contributed by atoms with E-state index in [-0.39, 0.29) is 5.97 Å². The summed E-state index contributed by atoms with van der Waals surface area (Å²) in [5, 5.41) is 0. The van der Waals surface area contributed by atoms with Crippen LogP contribution in [0, 0.1) is 3.57 Å². The summed E-state index contributed by atoms with van der Waals surface area (Å²) < 4.78 is 10.9. The predicted molar refractivity (Wildman–Crippen MR) is 76.6 cm³/mol. The minimum absolute atomic E-state index is 0.320. The van der Waals surface area contributed by atoms with E-state index in [1.807, 2.05) is 12.1 Å². The summed E-state index contributed by atoms with van der Waals surface area (Å²) in [4.78, 5) is 16.3. The number of nitrogens with zero attached hydrogens (tertiary/aromatic N) is 1. The molecule has 1 aromatic carbocycles. The SMILES string of the molecule is COC(=O)c1ccc(SCc2cnco2)c(I)c1. The van der Waals surface area contributed by atoms with Gasteiger partial charge in [-0.15, -0.1) is 11.8 Å². The lowest BCUT2D eigenvalue weighted by Gasteiger charge is -2.05. The molecule has 6 heteroatoms. The van der Waals surface area contributed by atoms with E-state index in [0.29, 0.717) is 11.3 Å². The van der Waals surface area contributed by atoms with E-state index in [4.69, 9.17) is 4.42 Å². The second-order valence-corrected chi connectivity index (χ2v) is 5.57. The summed E-state index contributed by atoms with van der Waals surface area (Å²) in [7, 11) is 1.38. The molecule has 0 spiro atoms. The zero-order valence-corrected chi connectivity index (χ0v) is 12.5. The molecule has 0 bridgehead atoms. The number of carbonyl (C=O) groups is 1. The van der Waals surface area contributed by atoms with E-state index in [0.717, 1.165) is 14.2 Å². The van der Waals surface area contributed by atoms with Crippen molar-refractivity contribution in [3.05, 3.63) is 45.7 Å². The number of thioether (sulfide) groups is 1. The van der Waals surface area contributed by atoms with E-state index in [1.165, 1.54) is 13.5 Å². The molecule has 0 fully saturated rings. The Kier molecular flexibility index (Phi) is 4.65. The quantitative estimate of drug-likeness (QED) is 0.466. The van der Waals surface area contributed by atoms with Crippen LogP contribution in [0.2, 0.25) is 0 Å². The first kappa shape index (κ1) is 13.4. The van der Waals surface area contributed by atoms with E-state index in [1.54, 1.807) is 24.0 Å². The number of halogens is 1. The average molecular weight is 375 g/mol. The minimum atomic E-state index is -0.320. The number of methoxy groups -OCH3 is 1. The third-order valence-electron chi connectivity index (χ3n) is 2.21. The fourth-order valence-electron chi connectivity index (χ4n) is 1.33. The van der Waals surface area contributed by atoms with Crippen LogP contribution in [0.25, 0.3) is 0 Å². The van der Waals surface area contributed by atoms with Crippen LogP contribution in [0.5, 0.6) is 0 Å². The molecule has 0 radical (unpaired) electrons. The highest BCUT2D eigenvalue weighted by atomic mass is 127. The first-order valence-electron chi connectivity index (χ1n) is 5.08. The number of hydrogen-bond acceptors (Lipinski definition) is 5. The van der Waals surface area contributed by atoms with Crippen molar-refractivity contribution in [2.24, 2.45) is 0 Å². The Balaban J connectivity index is 2.08. The number of esters is 1. The molecular weight excluding hydrogens is 365 g/mol. The van der Waals surface area contributed by atoms with Crippen molar-refractivity contribution in [1.82, 2.24) is 4.98 Å². The van der Waals surface area contributed by atoms with Crippen LogP contribution >= 0.6 is 34.4 Å². The van der Waals surface area contributed by atoms with Gasteiger partial charge in [0, 0.05) is 8.47 Å². The lowest BCUT2D eigenvalue weighted by atomic mass is 10.2. The number of rotatable bonds is 4. The molecule has 4 nitrogen and oxygen atoms in total. The van der Waals surface area contributed by atoms with Gasteiger partial charge in [-0.25, -0.2) is 9.78 Å². The highest BCUT2D eigenvalue weighted by Crippen LogP contribution is 2.28. The summed E-state index contributed by atoms with van der Waals surface area (Å²) in [6.45, 7) is 0. The zero-order valence-electron chi connectivity index (χ0n) is 9.55. The first-order valence-corrected chi connectivity index (χ1v) is 7.15. The monoisotopic (exact) mass is 375 g/mol. The van der Waals surface area contributed by atoms with Crippen LogP contribution in [-0.2, 0) is 10.5 Å². The van der Waals surface area contributed by atoms with Gasteiger partial charge in [0.2, 0.25) is 0 Å². The van der Waals surface area contributed by atoms with Crippen LogP contribution < -0.4 is 0 Å². The van der Waals surface area contributed by atoms with Crippen molar-refractivity contribution >= 4 is 40.3 Å². The van der Waals surface area contributed by atoms with Crippen LogP contribution in [0.3, 0.4) is 0 Å². The molecule has 0 saturated carbocycles. The van der Waals surface area contributed by atoms with Crippen LogP contribution in [0.1, 0.15) is 16.1 Å². The average Bonchev–Trinajstić information content (AvgIpc) is 2.89. The van der Waals surface area contributed by atoms with Crippen molar-refractivity contribution in [3.63, 3.8) is 0 Å². The summed E-state index contributed by atoms with van der Waals surface area (Å²) in [5.74, 6) is 1.22. The molecule has 1 aromatic heterocycles. The smallest absolute Gasteiger partial charge is 0.337 e. The second-order valence-electron chi connectivity index (χ2n) is 3.39. The largest absolute Gasteiger partial charge is 0.465 e. The third kappa shape index (κ3) is 3.26. The standard InChI is InChI=1S/C12H10INO3S/c1-16-12(15)8-2-3-11(10(13)4-8)18-6-9-5-14-7-17-9/h2-5,7H,6H2,1H3. The summed E-state index contributed by atoms with van der Waals surface area (Å²) in [5.41, 5.74) is 0.561. The molecule has 0 aliphatic rings. The number of ether oxygens (including phenoxy) is 1. The van der Waals surface area contributed by atoms with E-state index in [2.05, 4.69) is 32.3 Å². The third-order valence-corrected chi connectivity index (χ3v) is 4.56. The van der Waals surface area contributed by atoms with Crippen molar-refractivity contribution < 1.29 is 13.9 Å². The Morgan fingerprint density at radius 1 is 1.56 bits per heavy atom. The molecule has 2 aromatic rings. The molecule has 0 atom stereocenters.